The lowest BCUT2D eigenvalue weighted by Gasteiger charge is -2.12. The fraction of sp³-hybridized carbons (Fsp3) is 0.111. The van der Waals surface area contributed by atoms with Gasteiger partial charge in [0.15, 0.2) is 5.58 Å². The first-order valence-electron chi connectivity index (χ1n) is 6.99. The van der Waals surface area contributed by atoms with Crippen LogP contribution in [0, 0.1) is 0 Å². The lowest BCUT2D eigenvalue weighted by molar-refractivity contribution is 0.552. The molecular weight excluding hydrogens is 276 g/mol. The molecule has 0 saturated heterocycles. The molecule has 0 aliphatic rings. The summed E-state index contributed by atoms with van der Waals surface area (Å²) in [7, 11) is 3.87. The van der Waals surface area contributed by atoms with E-state index in [1.165, 1.54) is 0 Å². The predicted molar refractivity (Wildman–Crippen MR) is 90.0 cm³/mol. The highest BCUT2D eigenvalue weighted by atomic mass is 16.4. The summed E-state index contributed by atoms with van der Waals surface area (Å²) in [4.78, 5) is 18.4. The summed E-state index contributed by atoms with van der Waals surface area (Å²) in [6, 6.07) is 15.4. The number of aromatic nitrogens is 1. The monoisotopic (exact) mass is 292 g/mol. The number of rotatable bonds is 3. The summed E-state index contributed by atoms with van der Waals surface area (Å²) in [5.74, 6) is 0. The summed E-state index contributed by atoms with van der Waals surface area (Å²) in [5, 5.41) is 0. The zero-order valence-electron chi connectivity index (χ0n) is 12.5. The van der Waals surface area contributed by atoms with Crippen LogP contribution in [0.3, 0.4) is 0 Å². The average molecular weight is 292 g/mol. The Kier molecular flexibility index (Phi) is 3.74. The van der Waals surface area contributed by atoms with E-state index in [0.29, 0.717) is 16.8 Å². The minimum absolute atomic E-state index is 0.300. The fourth-order valence-electron chi connectivity index (χ4n) is 2.13. The van der Waals surface area contributed by atoms with Gasteiger partial charge in [-0.1, -0.05) is 36.4 Å². The second-order valence-corrected chi connectivity index (χ2v) is 5.18. The molecule has 110 valence electrons. The van der Waals surface area contributed by atoms with Crippen LogP contribution < -0.4 is 10.5 Å². The fourth-order valence-corrected chi connectivity index (χ4v) is 2.13. The molecule has 0 atom stereocenters. The van der Waals surface area contributed by atoms with Crippen molar-refractivity contribution in [2.45, 2.75) is 0 Å². The first-order valence-corrected chi connectivity index (χ1v) is 6.99. The van der Waals surface area contributed by atoms with E-state index in [9.17, 15) is 4.79 Å². The van der Waals surface area contributed by atoms with Crippen LogP contribution in [0.15, 0.2) is 57.7 Å². The maximum absolute atomic E-state index is 12.0. The normalized spacial score (nSPS) is 11.2. The van der Waals surface area contributed by atoms with Crippen LogP contribution in [0.25, 0.3) is 23.3 Å². The lowest BCUT2D eigenvalue weighted by atomic mass is 10.2. The highest BCUT2D eigenvalue weighted by Gasteiger charge is 2.06. The van der Waals surface area contributed by atoms with Crippen molar-refractivity contribution in [1.29, 1.82) is 0 Å². The van der Waals surface area contributed by atoms with Crippen LogP contribution in [0.4, 0.5) is 5.69 Å². The third kappa shape index (κ3) is 2.91. The van der Waals surface area contributed by atoms with Gasteiger partial charge in [0.25, 0.3) is 0 Å². The molecule has 0 N–H and O–H groups in total. The molecule has 1 heterocycles. The molecule has 22 heavy (non-hydrogen) atoms. The number of fused-ring (bicyclic) bond motifs is 1. The minimum atomic E-state index is -0.435. The number of benzene rings is 2. The maximum Gasteiger partial charge on any atom is 0.362 e. The van der Waals surface area contributed by atoms with Crippen molar-refractivity contribution in [1.82, 2.24) is 4.98 Å². The van der Waals surface area contributed by atoms with Gasteiger partial charge in [0.1, 0.15) is 11.2 Å². The molecule has 3 aromatic rings. The lowest BCUT2D eigenvalue weighted by Crippen LogP contribution is -2.09. The Bertz CT molecular complexity index is 880. The van der Waals surface area contributed by atoms with Crippen LogP contribution in [0.2, 0.25) is 0 Å². The van der Waals surface area contributed by atoms with Crippen molar-refractivity contribution in [2.24, 2.45) is 0 Å². The van der Waals surface area contributed by atoms with E-state index in [4.69, 9.17) is 4.42 Å². The SMILES string of the molecule is CN(C)c1ccc2nc(/C=C/c3ccccc3)c(=O)oc2c1. The molecule has 3 rings (SSSR count). The Morgan fingerprint density at radius 2 is 1.82 bits per heavy atom. The van der Waals surface area contributed by atoms with Gasteiger partial charge in [0.05, 0.1) is 0 Å². The van der Waals surface area contributed by atoms with Crippen LogP contribution >= 0.6 is 0 Å². The quantitative estimate of drug-likeness (QED) is 0.742. The summed E-state index contributed by atoms with van der Waals surface area (Å²) in [6.45, 7) is 0. The standard InChI is InChI=1S/C18H16N2O2/c1-20(2)14-9-11-15-17(12-14)22-18(21)16(19-15)10-8-13-6-4-3-5-7-13/h3-12H,1-2H3/b10-8+. The Labute approximate surface area is 128 Å². The second-order valence-electron chi connectivity index (χ2n) is 5.18. The van der Waals surface area contributed by atoms with Gasteiger partial charge < -0.3 is 9.32 Å². The highest BCUT2D eigenvalue weighted by molar-refractivity contribution is 5.78. The summed E-state index contributed by atoms with van der Waals surface area (Å²) in [6.07, 6.45) is 3.53. The van der Waals surface area contributed by atoms with E-state index in [1.54, 1.807) is 6.08 Å². The topological polar surface area (TPSA) is 46.3 Å². The second kappa shape index (κ2) is 5.85. The number of anilines is 1. The van der Waals surface area contributed by atoms with Crippen LogP contribution in [-0.4, -0.2) is 19.1 Å². The molecule has 0 aliphatic heterocycles. The van der Waals surface area contributed by atoms with Crippen LogP contribution in [-0.2, 0) is 0 Å². The first-order chi connectivity index (χ1) is 10.6. The molecule has 0 unspecified atom stereocenters. The van der Waals surface area contributed by atoms with Gasteiger partial charge >= 0.3 is 5.63 Å². The third-order valence-corrected chi connectivity index (χ3v) is 3.35. The van der Waals surface area contributed by atoms with Crippen LogP contribution in [0.1, 0.15) is 11.3 Å². The molecule has 0 fully saturated rings. The summed E-state index contributed by atoms with van der Waals surface area (Å²) in [5.41, 5.74) is 2.99. The molecule has 4 nitrogen and oxygen atoms in total. The van der Waals surface area contributed by atoms with E-state index in [0.717, 1.165) is 11.3 Å². The van der Waals surface area contributed by atoms with E-state index >= 15 is 0 Å². The summed E-state index contributed by atoms with van der Waals surface area (Å²) < 4.78 is 5.38. The highest BCUT2D eigenvalue weighted by Crippen LogP contribution is 2.18. The van der Waals surface area contributed by atoms with Crippen molar-refractivity contribution in [3.05, 3.63) is 70.2 Å². The van der Waals surface area contributed by atoms with Gasteiger partial charge in [-0.2, -0.15) is 0 Å². The number of hydrogen-bond donors (Lipinski definition) is 0. The van der Waals surface area contributed by atoms with Gasteiger partial charge in [-0.15, -0.1) is 0 Å². The molecule has 4 heteroatoms. The van der Waals surface area contributed by atoms with Gasteiger partial charge in [-0.3, -0.25) is 0 Å². The van der Waals surface area contributed by atoms with Gasteiger partial charge in [0.2, 0.25) is 0 Å². The van der Waals surface area contributed by atoms with Crippen molar-refractivity contribution in [2.75, 3.05) is 19.0 Å². The van der Waals surface area contributed by atoms with Gasteiger partial charge in [0, 0.05) is 25.8 Å². The van der Waals surface area contributed by atoms with Crippen molar-refractivity contribution >= 4 is 28.9 Å². The Balaban J connectivity index is 2.01. The van der Waals surface area contributed by atoms with Gasteiger partial charge in [-0.05, 0) is 23.8 Å². The minimum Gasteiger partial charge on any atom is -0.419 e. The van der Waals surface area contributed by atoms with Gasteiger partial charge in [-0.25, -0.2) is 9.78 Å². The molecule has 0 spiro atoms. The Hall–Kier alpha value is -2.88. The molecular formula is C18H16N2O2. The van der Waals surface area contributed by atoms with E-state index < -0.39 is 5.63 Å². The van der Waals surface area contributed by atoms with E-state index in [2.05, 4.69) is 4.98 Å². The number of nitrogens with zero attached hydrogens (tertiary/aromatic N) is 2. The van der Waals surface area contributed by atoms with Crippen molar-refractivity contribution in [3.63, 3.8) is 0 Å². The molecule has 0 aliphatic carbocycles. The average Bonchev–Trinajstić information content (AvgIpc) is 2.53. The summed E-state index contributed by atoms with van der Waals surface area (Å²) >= 11 is 0. The molecule has 0 saturated carbocycles. The van der Waals surface area contributed by atoms with E-state index in [1.807, 2.05) is 73.6 Å². The predicted octanol–water partition coefficient (Wildman–Crippen LogP) is 3.42. The zero-order chi connectivity index (χ0) is 15.5. The number of hydrogen-bond acceptors (Lipinski definition) is 4. The molecule has 1 aromatic heterocycles. The third-order valence-electron chi connectivity index (χ3n) is 3.35. The molecule has 0 amide bonds. The molecule has 0 radical (unpaired) electrons. The zero-order valence-corrected chi connectivity index (χ0v) is 12.5. The Morgan fingerprint density at radius 3 is 2.55 bits per heavy atom. The van der Waals surface area contributed by atoms with Crippen molar-refractivity contribution in [3.8, 4) is 0 Å². The smallest absolute Gasteiger partial charge is 0.362 e. The van der Waals surface area contributed by atoms with Crippen LogP contribution in [0.5, 0.6) is 0 Å². The Morgan fingerprint density at radius 1 is 1.05 bits per heavy atom. The molecule has 2 aromatic carbocycles. The molecule has 0 bridgehead atoms. The van der Waals surface area contributed by atoms with E-state index in [-0.39, 0.29) is 0 Å². The van der Waals surface area contributed by atoms with Crippen molar-refractivity contribution < 1.29 is 4.42 Å². The maximum atomic E-state index is 12.0. The largest absolute Gasteiger partial charge is 0.419 e. The first kappa shape index (κ1) is 14.1.